The van der Waals surface area contributed by atoms with Crippen molar-refractivity contribution >= 4 is 18.0 Å². The van der Waals surface area contributed by atoms with Crippen LogP contribution in [0.2, 0.25) is 0 Å². The van der Waals surface area contributed by atoms with Crippen molar-refractivity contribution in [2.75, 3.05) is 7.11 Å². The van der Waals surface area contributed by atoms with Gasteiger partial charge in [-0.2, -0.15) is 0 Å². The Bertz CT molecular complexity index is 483. The van der Waals surface area contributed by atoms with Crippen molar-refractivity contribution in [2.45, 2.75) is 26.4 Å². The summed E-state index contributed by atoms with van der Waals surface area (Å²) in [7, 11) is 1.30. The molecule has 0 fully saturated rings. The minimum atomic E-state index is -0.524. The van der Waals surface area contributed by atoms with E-state index in [0.717, 1.165) is 0 Å². The Morgan fingerprint density at radius 2 is 1.95 bits per heavy atom. The van der Waals surface area contributed by atoms with E-state index >= 15 is 0 Å². The van der Waals surface area contributed by atoms with Crippen molar-refractivity contribution in [3.05, 3.63) is 35.7 Å². The zero-order chi connectivity index (χ0) is 14.5. The van der Waals surface area contributed by atoms with Gasteiger partial charge >= 0.3 is 11.9 Å². The van der Waals surface area contributed by atoms with E-state index in [1.807, 2.05) is 0 Å². The third-order valence-corrected chi connectivity index (χ3v) is 2.00. The summed E-state index contributed by atoms with van der Waals surface area (Å²) >= 11 is 0. The number of esters is 2. The van der Waals surface area contributed by atoms with E-state index in [9.17, 15) is 9.59 Å². The number of nitrogens with zero attached hydrogens (tertiary/aromatic N) is 1. The van der Waals surface area contributed by atoms with Gasteiger partial charge in [-0.3, -0.25) is 4.98 Å². The molecule has 102 valence electrons. The van der Waals surface area contributed by atoms with Gasteiger partial charge in [0.05, 0.1) is 18.4 Å². The van der Waals surface area contributed by atoms with Gasteiger partial charge in [0.1, 0.15) is 5.60 Å². The van der Waals surface area contributed by atoms with Crippen LogP contribution >= 0.6 is 0 Å². The molecule has 1 aromatic rings. The molecule has 5 heteroatoms. The van der Waals surface area contributed by atoms with Gasteiger partial charge in [0.2, 0.25) is 0 Å². The molecule has 0 amide bonds. The predicted molar refractivity (Wildman–Crippen MR) is 70.5 cm³/mol. The molecule has 1 rings (SSSR count). The number of methoxy groups -OCH3 is 1. The number of aromatic nitrogens is 1. The average Bonchev–Trinajstić information content (AvgIpc) is 2.34. The van der Waals surface area contributed by atoms with Crippen LogP contribution in [0.5, 0.6) is 0 Å². The van der Waals surface area contributed by atoms with Gasteiger partial charge in [-0.15, -0.1) is 0 Å². The lowest BCUT2D eigenvalue weighted by molar-refractivity contribution is -0.148. The van der Waals surface area contributed by atoms with Gasteiger partial charge in [-0.1, -0.05) is 0 Å². The van der Waals surface area contributed by atoms with Crippen LogP contribution in [0, 0.1) is 0 Å². The summed E-state index contributed by atoms with van der Waals surface area (Å²) in [4.78, 5) is 26.7. The Morgan fingerprint density at radius 3 is 2.42 bits per heavy atom. The highest BCUT2D eigenvalue weighted by atomic mass is 16.6. The van der Waals surface area contributed by atoms with E-state index in [2.05, 4.69) is 9.72 Å². The molecule has 5 nitrogen and oxygen atoms in total. The van der Waals surface area contributed by atoms with Crippen molar-refractivity contribution in [1.82, 2.24) is 4.98 Å². The summed E-state index contributed by atoms with van der Waals surface area (Å²) in [5.41, 5.74) is 0.388. The molecule has 19 heavy (non-hydrogen) atoms. The van der Waals surface area contributed by atoms with E-state index in [1.165, 1.54) is 25.5 Å². The standard InChI is InChI=1S/C14H17NO4/c1-14(2,3)19-12(16)8-7-11-6-5-10(9-15-11)13(17)18-4/h5-9H,1-4H3. The SMILES string of the molecule is COC(=O)c1ccc(C=CC(=O)OC(C)(C)C)nc1. The highest BCUT2D eigenvalue weighted by Gasteiger charge is 2.13. The first-order valence-electron chi connectivity index (χ1n) is 5.77. The van der Waals surface area contributed by atoms with Crippen LogP contribution in [0.1, 0.15) is 36.8 Å². The Balaban J connectivity index is 2.68. The first kappa shape index (κ1) is 14.9. The lowest BCUT2D eigenvalue weighted by Gasteiger charge is -2.17. The number of carbonyl (C=O) groups is 2. The molecule has 0 unspecified atom stereocenters. The fourth-order valence-corrected chi connectivity index (χ4v) is 1.23. The predicted octanol–water partition coefficient (Wildman–Crippen LogP) is 2.22. The van der Waals surface area contributed by atoms with E-state index < -0.39 is 17.5 Å². The highest BCUT2D eigenvalue weighted by molar-refractivity contribution is 5.89. The zero-order valence-corrected chi connectivity index (χ0v) is 11.5. The molecule has 0 aliphatic rings. The maximum absolute atomic E-state index is 11.4. The van der Waals surface area contributed by atoms with E-state index in [1.54, 1.807) is 32.9 Å². The lowest BCUT2D eigenvalue weighted by atomic mass is 10.2. The minimum absolute atomic E-state index is 0.358. The van der Waals surface area contributed by atoms with Crippen molar-refractivity contribution in [3.63, 3.8) is 0 Å². The summed E-state index contributed by atoms with van der Waals surface area (Å²) in [5, 5.41) is 0. The minimum Gasteiger partial charge on any atom is -0.465 e. The molecule has 0 bridgehead atoms. The molecule has 0 aliphatic carbocycles. The van der Waals surface area contributed by atoms with Crippen LogP contribution in [0.4, 0.5) is 0 Å². The summed E-state index contributed by atoms with van der Waals surface area (Å²) in [5.74, 6) is -0.887. The van der Waals surface area contributed by atoms with Gasteiger partial charge in [-0.25, -0.2) is 9.59 Å². The Kier molecular flexibility index (Phi) is 4.80. The zero-order valence-electron chi connectivity index (χ0n) is 11.5. The molecule has 0 saturated carbocycles. The summed E-state index contributed by atoms with van der Waals surface area (Å²) in [6, 6.07) is 3.20. The second kappa shape index (κ2) is 6.13. The van der Waals surface area contributed by atoms with Crippen LogP contribution < -0.4 is 0 Å². The van der Waals surface area contributed by atoms with Crippen molar-refractivity contribution in [2.24, 2.45) is 0 Å². The number of pyridine rings is 1. The smallest absolute Gasteiger partial charge is 0.339 e. The fourth-order valence-electron chi connectivity index (χ4n) is 1.23. The average molecular weight is 263 g/mol. The maximum Gasteiger partial charge on any atom is 0.339 e. The lowest BCUT2D eigenvalue weighted by Crippen LogP contribution is -2.22. The summed E-state index contributed by atoms with van der Waals surface area (Å²) in [6.07, 6.45) is 4.21. The van der Waals surface area contributed by atoms with Crippen LogP contribution in [0.3, 0.4) is 0 Å². The molecular formula is C14H17NO4. The van der Waals surface area contributed by atoms with Gasteiger partial charge in [0, 0.05) is 12.3 Å². The van der Waals surface area contributed by atoms with Crippen LogP contribution in [0.25, 0.3) is 6.08 Å². The molecule has 0 aliphatic heterocycles. The summed E-state index contributed by atoms with van der Waals surface area (Å²) in [6.45, 7) is 5.38. The summed E-state index contributed by atoms with van der Waals surface area (Å²) < 4.78 is 9.67. The molecule has 1 heterocycles. The highest BCUT2D eigenvalue weighted by Crippen LogP contribution is 2.08. The van der Waals surface area contributed by atoms with Crippen molar-refractivity contribution in [1.29, 1.82) is 0 Å². The first-order valence-corrected chi connectivity index (χ1v) is 5.77. The van der Waals surface area contributed by atoms with Crippen molar-refractivity contribution in [3.8, 4) is 0 Å². The molecule has 0 spiro atoms. The third-order valence-electron chi connectivity index (χ3n) is 2.00. The molecule has 0 aromatic carbocycles. The molecule has 0 radical (unpaired) electrons. The quantitative estimate of drug-likeness (QED) is 0.618. The molecule has 0 N–H and O–H groups in total. The monoisotopic (exact) mass is 263 g/mol. The number of carbonyl (C=O) groups excluding carboxylic acids is 2. The Morgan fingerprint density at radius 1 is 1.26 bits per heavy atom. The Labute approximate surface area is 112 Å². The van der Waals surface area contributed by atoms with Crippen LogP contribution in [0.15, 0.2) is 24.4 Å². The van der Waals surface area contributed by atoms with E-state index in [-0.39, 0.29) is 0 Å². The van der Waals surface area contributed by atoms with Gasteiger partial charge in [-0.05, 0) is 39.0 Å². The maximum atomic E-state index is 11.4. The first-order chi connectivity index (χ1) is 8.81. The number of hydrogen-bond acceptors (Lipinski definition) is 5. The van der Waals surface area contributed by atoms with Crippen LogP contribution in [-0.2, 0) is 14.3 Å². The second-order valence-corrected chi connectivity index (χ2v) is 4.83. The number of rotatable bonds is 3. The van der Waals surface area contributed by atoms with Crippen LogP contribution in [-0.4, -0.2) is 29.6 Å². The van der Waals surface area contributed by atoms with Crippen molar-refractivity contribution < 1.29 is 19.1 Å². The van der Waals surface area contributed by atoms with E-state index in [4.69, 9.17) is 4.74 Å². The fraction of sp³-hybridized carbons (Fsp3) is 0.357. The third kappa shape index (κ3) is 5.33. The largest absolute Gasteiger partial charge is 0.465 e. The Hall–Kier alpha value is -2.17. The molecule has 0 atom stereocenters. The second-order valence-electron chi connectivity index (χ2n) is 4.83. The van der Waals surface area contributed by atoms with E-state index in [0.29, 0.717) is 11.3 Å². The number of hydrogen-bond donors (Lipinski definition) is 0. The molecule has 0 saturated heterocycles. The number of ether oxygens (including phenoxy) is 2. The van der Waals surface area contributed by atoms with Gasteiger partial charge < -0.3 is 9.47 Å². The van der Waals surface area contributed by atoms with Gasteiger partial charge in [0.25, 0.3) is 0 Å². The topological polar surface area (TPSA) is 65.5 Å². The normalized spacial score (nSPS) is 11.4. The van der Waals surface area contributed by atoms with Gasteiger partial charge in [0.15, 0.2) is 0 Å². The molecule has 1 aromatic heterocycles. The molecular weight excluding hydrogens is 246 g/mol.